The fourth-order valence-electron chi connectivity index (χ4n) is 4.73. The smallest absolute Gasteiger partial charge is 0.228 e. The molecule has 0 aliphatic heterocycles. The Hall–Kier alpha value is -3.52. The van der Waals surface area contributed by atoms with Crippen molar-refractivity contribution < 1.29 is 9.59 Å². The first-order valence-electron chi connectivity index (χ1n) is 12.8. The predicted molar refractivity (Wildman–Crippen MR) is 153 cm³/mol. The van der Waals surface area contributed by atoms with E-state index >= 15 is 0 Å². The lowest BCUT2D eigenvalue weighted by Gasteiger charge is -2.39. The van der Waals surface area contributed by atoms with E-state index in [1.54, 1.807) is 6.21 Å². The maximum absolute atomic E-state index is 12.2. The molecule has 7 nitrogen and oxygen atoms in total. The molecular weight excluding hydrogens is 498 g/mol. The molecule has 4 rings (SSSR count). The van der Waals surface area contributed by atoms with Gasteiger partial charge >= 0.3 is 0 Å². The third kappa shape index (κ3) is 7.07. The van der Waals surface area contributed by atoms with Crippen LogP contribution in [0.2, 0.25) is 5.02 Å². The molecule has 0 heterocycles. The van der Waals surface area contributed by atoms with Crippen LogP contribution in [0.3, 0.4) is 0 Å². The second kappa shape index (κ2) is 13.3. The number of rotatable bonds is 13. The monoisotopic (exact) mass is 531 g/mol. The number of carbonyl (C=O) groups excluding carboxylic acids is 2. The van der Waals surface area contributed by atoms with Gasteiger partial charge in [0.2, 0.25) is 6.41 Å². The molecule has 1 aliphatic rings. The van der Waals surface area contributed by atoms with E-state index in [1.165, 1.54) is 16.1 Å². The van der Waals surface area contributed by atoms with Gasteiger partial charge < -0.3 is 4.79 Å². The number of anilines is 1. The Balaban J connectivity index is 1.67. The summed E-state index contributed by atoms with van der Waals surface area (Å²) in [4.78, 5) is 25.4. The van der Waals surface area contributed by atoms with Crippen LogP contribution in [0, 0.1) is 6.92 Å². The number of hydrogen-bond acceptors (Lipinski definition) is 6. The average Bonchev–Trinajstić information content (AvgIpc) is 3.35. The van der Waals surface area contributed by atoms with Crippen molar-refractivity contribution in [1.82, 2.24) is 15.3 Å². The zero-order chi connectivity index (χ0) is 26.9. The molecule has 3 aromatic carbocycles. The maximum Gasteiger partial charge on any atom is 0.228 e. The van der Waals surface area contributed by atoms with Crippen molar-refractivity contribution in [1.29, 1.82) is 0 Å². The second-order valence-corrected chi connectivity index (χ2v) is 10.0. The third-order valence-corrected chi connectivity index (χ3v) is 7.11. The molecule has 0 saturated heterocycles. The topological polar surface area (TPSA) is 68.2 Å². The lowest BCUT2D eigenvalue weighted by atomic mass is 10.0. The van der Waals surface area contributed by atoms with E-state index in [2.05, 4.69) is 29.7 Å². The number of halogens is 1. The maximum atomic E-state index is 12.2. The van der Waals surface area contributed by atoms with Crippen LogP contribution < -0.4 is 10.4 Å². The molecule has 2 atom stereocenters. The van der Waals surface area contributed by atoms with Gasteiger partial charge in [-0.2, -0.15) is 10.5 Å². The second-order valence-electron chi connectivity index (χ2n) is 9.60. The first-order valence-corrected chi connectivity index (χ1v) is 13.2. The average molecular weight is 532 g/mol. The molecule has 2 unspecified atom stereocenters. The highest BCUT2D eigenvalue weighted by atomic mass is 35.5. The Bertz CT molecular complexity index is 1230. The first-order chi connectivity index (χ1) is 18.5. The van der Waals surface area contributed by atoms with Gasteiger partial charge in [0.15, 0.2) is 6.29 Å². The van der Waals surface area contributed by atoms with Gasteiger partial charge in [-0.15, -0.1) is 0 Å². The number of nitrogens with zero attached hydrogens (tertiary/aromatic N) is 4. The van der Waals surface area contributed by atoms with Crippen molar-refractivity contribution in [2.24, 2.45) is 5.10 Å². The Kier molecular flexibility index (Phi) is 9.65. The summed E-state index contributed by atoms with van der Waals surface area (Å²) in [6, 6.07) is 23.8. The largest absolute Gasteiger partial charge is 0.303 e. The van der Waals surface area contributed by atoms with Crippen LogP contribution in [0.15, 0.2) is 77.9 Å². The quantitative estimate of drug-likeness (QED) is 0.146. The molecule has 38 heavy (non-hydrogen) atoms. The number of hydrazone groups is 1. The van der Waals surface area contributed by atoms with Crippen molar-refractivity contribution >= 4 is 36.2 Å². The van der Waals surface area contributed by atoms with E-state index in [0.29, 0.717) is 30.2 Å². The zero-order valence-corrected chi connectivity index (χ0v) is 22.6. The lowest BCUT2D eigenvalue weighted by Crippen LogP contribution is -2.60. The SMILES string of the molecule is Cc1ccc(N(C=O)NC(N(C)CCC=O)N(CC2CCc3ccccc32)/N=C/c2ccc(Cl)cc2)cc1. The van der Waals surface area contributed by atoms with E-state index in [0.717, 1.165) is 36.7 Å². The fourth-order valence-corrected chi connectivity index (χ4v) is 4.85. The van der Waals surface area contributed by atoms with Crippen molar-refractivity contribution in [3.63, 3.8) is 0 Å². The first kappa shape index (κ1) is 27.5. The molecule has 0 bridgehead atoms. The Morgan fingerprint density at radius 3 is 2.50 bits per heavy atom. The van der Waals surface area contributed by atoms with Gasteiger partial charge in [-0.25, -0.2) is 5.01 Å². The summed E-state index contributed by atoms with van der Waals surface area (Å²) in [7, 11) is 1.92. The standard InChI is InChI=1S/C30H34ClN5O2/c1-23-8-16-28(17-9-23)36(22-38)33-30(34(2)18-5-19-37)35(32-20-24-10-14-27(31)15-11-24)21-26-13-12-25-6-3-4-7-29(25)26/h3-4,6-11,14-17,19-20,22,26,30,33H,5,12-13,18,21H2,1-2H3/b32-20+. The van der Waals surface area contributed by atoms with Crippen molar-refractivity contribution in [2.45, 2.75) is 38.4 Å². The number of hydrazine groups is 1. The summed E-state index contributed by atoms with van der Waals surface area (Å²) in [5.41, 5.74) is 8.79. The molecule has 1 aliphatic carbocycles. The van der Waals surface area contributed by atoms with Crippen molar-refractivity contribution in [3.05, 3.63) is 100 Å². The van der Waals surface area contributed by atoms with Gasteiger partial charge in [-0.3, -0.25) is 14.7 Å². The van der Waals surface area contributed by atoms with E-state index < -0.39 is 6.29 Å². The molecule has 0 aromatic heterocycles. The number of hydrogen-bond donors (Lipinski definition) is 1. The lowest BCUT2D eigenvalue weighted by molar-refractivity contribution is -0.110. The van der Waals surface area contributed by atoms with Crippen LogP contribution in [0.5, 0.6) is 0 Å². The van der Waals surface area contributed by atoms with Crippen LogP contribution in [-0.4, -0.2) is 55.2 Å². The molecular formula is C30H34ClN5O2. The van der Waals surface area contributed by atoms with Gasteiger partial charge in [-0.1, -0.05) is 65.7 Å². The minimum absolute atomic E-state index is 0.279. The van der Waals surface area contributed by atoms with Crippen LogP contribution in [0.25, 0.3) is 0 Å². The molecule has 0 saturated carbocycles. The Labute approximate surface area is 229 Å². The molecule has 0 radical (unpaired) electrons. The Morgan fingerprint density at radius 2 is 1.79 bits per heavy atom. The summed E-state index contributed by atoms with van der Waals surface area (Å²) in [6.07, 6.45) is 5.37. The summed E-state index contributed by atoms with van der Waals surface area (Å²) >= 11 is 6.08. The van der Waals surface area contributed by atoms with Crippen LogP contribution in [-0.2, 0) is 16.0 Å². The van der Waals surface area contributed by atoms with E-state index in [4.69, 9.17) is 16.7 Å². The van der Waals surface area contributed by atoms with Crippen molar-refractivity contribution in [3.8, 4) is 0 Å². The number of aldehydes is 1. The fraction of sp³-hybridized carbons (Fsp3) is 0.300. The number of carbonyl (C=O) groups is 2. The van der Waals surface area contributed by atoms with Gasteiger partial charge in [-0.05, 0) is 67.8 Å². The molecule has 8 heteroatoms. The van der Waals surface area contributed by atoms with Crippen molar-refractivity contribution in [2.75, 3.05) is 25.1 Å². The van der Waals surface area contributed by atoms with E-state index in [9.17, 15) is 9.59 Å². The molecule has 1 N–H and O–H groups in total. The highest BCUT2D eigenvalue weighted by molar-refractivity contribution is 6.30. The van der Waals surface area contributed by atoms with Gasteiger partial charge in [0.1, 0.15) is 6.29 Å². The summed E-state index contributed by atoms with van der Waals surface area (Å²) < 4.78 is 0. The van der Waals surface area contributed by atoms with Crippen LogP contribution in [0.1, 0.15) is 41.0 Å². The zero-order valence-electron chi connectivity index (χ0n) is 21.8. The summed E-state index contributed by atoms with van der Waals surface area (Å²) in [5, 5.41) is 9.01. The number of aryl methyl sites for hydroxylation is 2. The number of nitrogens with one attached hydrogen (secondary N) is 1. The normalized spacial score (nSPS) is 15.4. The van der Waals surface area contributed by atoms with E-state index in [-0.39, 0.29) is 5.92 Å². The molecule has 0 fully saturated rings. The predicted octanol–water partition coefficient (Wildman–Crippen LogP) is 4.99. The minimum atomic E-state index is -0.502. The van der Waals surface area contributed by atoms with Crippen LogP contribution in [0.4, 0.5) is 5.69 Å². The molecule has 3 aromatic rings. The number of fused-ring (bicyclic) bond motifs is 1. The molecule has 1 amide bonds. The summed E-state index contributed by atoms with van der Waals surface area (Å²) in [6.45, 7) is 3.13. The van der Waals surface area contributed by atoms with E-state index in [1.807, 2.05) is 72.4 Å². The Morgan fingerprint density at radius 1 is 1.05 bits per heavy atom. The number of benzene rings is 3. The van der Waals surface area contributed by atoms with Crippen LogP contribution >= 0.6 is 11.6 Å². The highest BCUT2D eigenvalue weighted by Crippen LogP contribution is 2.34. The molecule has 0 spiro atoms. The number of amides is 1. The highest BCUT2D eigenvalue weighted by Gasteiger charge is 2.30. The van der Waals surface area contributed by atoms with Gasteiger partial charge in [0, 0.05) is 30.5 Å². The molecule has 198 valence electrons. The minimum Gasteiger partial charge on any atom is -0.303 e. The summed E-state index contributed by atoms with van der Waals surface area (Å²) in [5.74, 6) is 0.279. The van der Waals surface area contributed by atoms with Gasteiger partial charge in [0.25, 0.3) is 0 Å². The van der Waals surface area contributed by atoms with Gasteiger partial charge in [0.05, 0.1) is 11.9 Å². The third-order valence-electron chi connectivity index (χ3n) is 6.86.